The zero-order valence-electron chi connectivity index (χ0n) is 11.9. The number of anilines is 2. The van der Waals surface area contributed by atoms with Gasteiger partial charge in [-0.15, -0.1) is 11.3 Å². The lowest BCUT2D eigenvalue weighted by molar-refractivity contribution is 0.607. The van der Waals surface area contributed by atoms with Crippen LogP contribution in [0.5, 0.6) is 0 Å². The van der Waals surface area contributed by atoms with E-state index in [4.69, 9.17) is 0 Å². The molecule has 0 aliphatic heterocycles. The molecular weight excluding hydrogens is 277 g/mol. The first-order chi connectivity index (χ1) is 9.60. The number of hydrogen-bond acceptors (Lipinski definition) is 6. The van der Waals surface area contributed by atoms with Crippen molar-refractivity contribution in [1.29, 1.82) is 0 Å². The lowest BCUT2D eigenvalue weighted by atomic mass is 10.4. The maximum absolute atomic E-state index is 13.8. The first-order valence-corrected chi connectivity index (χ1v) is 7.36. The molecule has 20 heavy (non-hydrogen) atoms. The summed E-state index contributed by atoms with van der Waals surface area (Å²) in [5.41, 5.74) is 0.913. The van der Waals surface area contributed by atoms with Gasteiger partial charge in [-0.2, -0.15) is 4.98 Å². The van der Waals surface area contributed by atoms with E-state index in [1.54, 1.807) is 23.3 Å². The van der Waals surface area contributed by atoms with Crippen LogP contribution in [0.25, 0.3) is 0 Å². The SMILES string of the molecule is CCCNc1ncc(F)c(N(C)Cc2csc(C)n2)n1. The summed E-state index contributed by atoms with van der Waals surface area (Å²) in [4.78, 5) is 14.3. The zero-order chi connectivity index (χ0) is 14.5. The third-order valence-corrected chi connectivity index (χ3v) is 3.51. The second kappa shape index (κ2) is 6.60. The molecule has 2 aromatic heterocycles. The molecule has 108 valence electrons. The number of aromatic nitrogens is 3. The van der Waals surface area contributed by atoms with Crippen molar-refractivity contribution >= 4 is 23.1 Å². The van der Waals surface area contributed by atoms with Crippen molar-refractivity contribution in [2.45, 2.75) is 26.8 Å². The second-order valence-corrected chi connectivity index (χ2v) is 5.57. The van der Waals surface area contributed by atoms with Crippen molar-refractivity contribution < 1.29 is 4.39 Å². The van der Waals surface area contributed by atoms with Gasteiger partial charge in [0.25, 0.3) is 0 Å². The molecule has 0 saturated carbocycles. The Labute approximate surface area is 121 Å². The highest BCUT2D eigenvalue weighted by Crippen LogP contribution is 2.19. The fourth-order valence-corrected chi connectivity index (χ4v) is 2.35. The summed E-state index contributed by atoms with van der Waals surface area (Å²) in [6.45, 7) is 5.28. The predicted octanol–water partition coefficient (Wildman–Crippen LogP) is 2.84. The summed E-state index contributed by atoms with van der Waals surface area (Å²) in [5.74, 6) is 0.301. The Balaban J connectivity index is 2.13. The first-order valence-electron chi connectivity index (χ1n) is 6.48. The molecule has 0 atom stereocenters. The molecule has 7 heteroatoms. The highest BCUT2D eigenvalue weighted by atomic mass is 32.1. The lowest BCUT2D eigenvalue weighted by Crippen LogP contribution is -2.20. The Hall–Kier alpha value is -1.76. The largest absolute Gasteiger partial charge is 0.354 e. The molecule has 2 heterocycles. The Morgan fingerprint density at radius 3 is 2.85 bits per heavy atom. The summed E-state index contributed by atoms with van der Waals surface area (Å²) < 4.78 is 13.8. The van der Waals surface area contributed by atoms with E-state index < -0.39 is 5.82 Å². The molecular formula is C13H18FN5S. The fourth-order valence-electron chi connectivity index (χ4n) is 1.75. The quantitative estimate of drug-likeness (QED) is 0.888. The van der Waals surface area contributed by atoms with Gasteiger partial charge in [0.15, 0.2) is 11.6 Å². The summed E-state index contributed by atoms with van der Waals surface area (Å²) >= 11 is 1.58. The van der Waals surface area contributed by atoms with E-state index in [0.29, 0.717) is 12.5 Å². The molecule has 0 unspecified atom stereocenters. The number of rotatable bonds is 6. The van der Waals surface area contributed by atoms with E-state index in [1.165, 1.54) is 6.20 Å². The molecule has 0 spiro atoms. The number of thiazole rings is 1. The van der Waals surface area contributed by atoms with Crippen molar-refractivity contribution in [3.63, 3.8) is 0 Å². The van der Waals surface area contributed by atoms with Crippen molar-refractivity contribution in [3.8, 4) is 0 Å². The van der Waals surface area contributed by atoms with Crippen molar-refractivity contribution in [2.75, 3.05) is 23.8 Å². The van der Waals surface area contributed by atoms with E-state index in [1.807, 2.05) is 19.2 Å². The van der Waals surface area contributed by atoms with Gasteiger partial charge in [0.2, 0.25) is 5.95 Å². The molecule has 0 radical (unpaired) electrons. The number of nitrogens with zero attached hydrogens (tertiary/aromatic N) is 4. The zero-order valence-corrected chi connectivity index (χ0v) is 12.7. The highest BCUT2D eigenvalue weighted by molar-refractivity contribution is 7.09. The van der Waals surface area contributed by atoms with Crippen LogP contribution in [0.15, 0.2) is 11.6 Å². The van der Waals surface area contributed by atoms with Crippen LogP contribution in [0, 0.1) is 12.7 Å². The monoisotopic (exact) mass is 295 g/mol. The van der Waals surface area contributed by atoms with Crippen LogP contribution in [0.2, 0.25) is 0 Å². The van der Waals surface area contributed by atoms with Crippen LogP contribution in [0.4, 0.5) is 16.2 Å². The van der Waals surface area contributed by atoms with Crippen LogP contribution in [-0.4, -0.2) is 28.5 Å². The molecule has 1 N–H and O–H groups in total. The van der Waals surface area contributed by atoms with Crippen LogP contribution >= 0.6 is 11.3 Å². The van der Waals surface area contributed by atoms with Gasteiger partial charge in [0, 0.05) is 19.0 Å². The standard InChI is InChI=1S/C13H18FN5S/c1-4-5-15-13-16-6-11(14)12(18-13)19(3)7-10-8-20-9(2)17-10/h6,8H,4-5,7H2,1-3H3,(H,15,16,18). The third kappa shape index (κ3) is 3.63. The first kappa shape index (κ1) is 14.6. The molecule has 0 saturated heterocycles. The van der Waals surface area contributed by atoms with Crippen molar-refractivity contribution in [1.82, 2.24) is 15.0 Å². The number of aryl methyl sites for hydroxylation is 1. The minimum Gasteiger partial charge on any atom is -0.354 e. The summed E-state index contributed by atoms with van der Waals surface area (Å²) in [6, 6.07) is 0. The van der Waals surface area contributed by atoms with Gasteiger partial charge in [0.1, 0.15) is 0 Å². The lowest BCUT2D eigenvalue weighted by Gasteiger charge is -2.18. The normalized spacial score (nSPS) is 10.6. The molecule has 0 aliphatic carbocycles. The van der Waals surface area contributed by atoms with E-state index in [-0.39, 0.29) is 5.82 Å². The van der Waals surface area contributed by atoms with Crippen molar-refractivity contribution in [2.24, 2.45) is 0 Å². The average Bonchev–Trinajstić information content (AvgIpc) is 2.83. The van der Waals surface area contributed by atoms with Crippen LogP contribution in [0.1, 0.15) is 24.0 Å². The minimum absolute atomic E-state index is 0.282. The maximum Gasteiger partial charge on any atom is 0.224 e. The summed E-state index contributed by atoms with van der Waals surface area (Å²) in [5, 5.41) is 6.03. The number of hydrogen-bond donors (Lipinski definition) is 1. The van der Waals surface area contributed by atoms with Crippen LogP contribution in [0.3, 0.4) is 0 Å². The summed E-state index contributed by atoms with van der Waals surface area (Å²) in [7, 11) is 1.80. The smallest absolute Gasteiger partial charge is 0.224 e. The van der Waals surface area contributed by atoms with Gasteiger partial charge in [-0.3, -0.25) is 0 Å². The van der Waals surface area contributed by atoms with Crippen LogP contribution in [-0.2, 0) is 6.54 Å². The van der Waals surface area contributed by atoms with Crippen LogP contribution < -0.4 is 10.2 Å². The minimum atomic E-state index is -0.429. The van der Waals surface area contributed by atoms with E-state index in [9.17, 15) is 4.39 Å². The molecule has 2 aromatic rings. The maximum atomic E-state index is 13.8. The molecule has 0 fully saturated rings. The topological polar surface area (TPSA) is 53.9 Å². The highest BCUT2D eigenvalue weighted by Gasteiger charge is 2.13. The molecule has 0 aliphatic rings. The molecule has 5 nitrogen and oxygen atoms in total. The van der Waals surface area contributed by atoms with E-state index in [0.717, 1.165) is 23.7 Å². The summed E-state index contributed by atoms with van der Waals surface area (Å²) in [6.07, 6.45) is 2.16. The molecule has 2 rings (SSSR count). The van der Waals surface area contributed by atoms with Gasteiger partial charge in [-0.1, -0.05) is 6.92 Å². The Morgan fingerprint density at radius 2 is 2.20 bits per heavy atom. The fraction of sp³-hybridized carbons (Fsp3) is 0.462. The average molecular weight is 295 g/mol. The van der Waals surface area contributed by atoms with E-state index in [2.05, 4.69) is 20.3 Å². The molecule has 0 aromatic carbocycles. The Bertz CT molecular complexity index is 572. The van der Waals surface area contributed by atoms with Gasteiger partial charge >= 0.3 is 0 Å². The van der Waals surface area contributed by atoms with E-state index >= 15 is 0 Å². The van der Waals surface area contributed by atoms with Gasteiger partial charge in [0.05, 0.1) is 23.4 Å². The van der Waals surface area contributed by atoms with Gasteiger partial charge < -0.3 is 10.2 Å². The second-order valence-electron chi connectivity index (χ2n) is 4.51. The number of nitrogens with one attached hydrogen (secondary N) is 1. The predicted molar refractivity (Wildman–Crippen MR) is 79.7 cm³/mol. The molecule has 0 amide bonds. The third-order valence-electron chi connectivity index (χ3n) is 2.69. The Kier molecular flexibility index (Phi) is 4.84. The number of halogens is 1. The van der Waals surface area contributed by atoms with Crippen molar-refractivity contribution in [3.05, 3.63) is 28.1 Å². The van der Waals surface area contributed by atoms with Gasteiger partial charge in [-0.05, 0) is 13.3 Å². The molecule has 0 bridgehead atoms. The van der Waals surface area contributed by atoms with Gasteiger partial charge in [-0.25, -0.2) is 14.4 Å². The Morgan fingerprint density at radius 1 is 1.40 bits per heavy atom.